The second-order valence-electron chi connectivity index (χ2n) is 7.15. The Kier molecular flexibility index (Phi) is 5.68. The van der Waals surface area contributed by atoms with Gasteiger partial charge in [-0.2, -0.15) is 0 Å². The first-order chi connectivity index (χ1) is 12.0. The van der Waals surface area contributed by atoms with Crippen LogP contribution in [0.4, 0.5) is 4.39 Å². The highest BCUT2D eigenvalue weighted by Crippen LogP contribution is 2.27. The number of hydrogen-bond donors (Lipinski definition) is 1. The molecule has 0 radical (unpaired) electrons. The molecule has 136 valence electrons. The van der Waals surface area contributed by atoms with Crippen LogP contribution in [0.2, 0.25) is 0 Å². The molecular weight excluding hydrogens is 321 g/mol. The third kappa shape index (κ3) is 4.78. The van der Waals surface area contributed by atoms with E-state index in [0.29, 0.717) is 19.0 Å². The summed E-state index contributed by atoms with van der Waals surface area (Å²) in [6.07, 6.45) is 2.85. The molecule has 2 saturated heterocycles. The summed E-state index contributed by atoms with van der Waals surface area (Å²) < 4.78 is 13.1. The van der Waals surface area contributed by atoms with Gasteiger partial charge in [-0.1, -0.05) is 12.1 Å². The number of likely N-dealkylation sites (tertiary alicyclic amines) is 2. The lowest BCUT2D eigenvalue weighted by molar-refractivity contribution is -0.134. The molecule has 0 saturated carbocycles. The predicted octanol–water partition coefficient (Wildman–Crippen LogP) is 1.74. The van der Waals surface area contributed by atoms with E-state index < -0.39 is 0 Å². The number of nitrogens with one attached hydrogen (secondary N) is 1. The van der Waals surface area contributed by atoms with Crippen LogP contribution >= 0.6 is 0 Å². The first-order valence-electron chi connectivity index (χ1n) is 9.04. The molecule has 2 aliphatic heterocycles. The maximum absolute atomic E-state index is 13.1. The van der Waals surface area contributed by atoms with Crippen molar-refractivity contribution < 1.29 is 14.0 Å². The van der Waals surface area contributed by atoms with E-state index >= 15 is 0 Å². The van der Waals surface area contributed by atoms with Gasteiger partial charge in [0.2, 0.25) is 11.8 Å². The Hall–Kier alpha value is -1.95. The number of rotatable bonds is 4. The summed E-state index contributed by atoms with van der Waals surface area (Å²) in [6, 6.07) is 6.75. The fraction of sp³-hybridized carbons (Fsp3) is 0.579. The Labute approximate surface area is 148 Å². The van der Waals surface area contributed by atoms with Crippen molar-refractivity contribution in [2.45, 2.75) is 38.1 Å². The molecule has 1 N–H and O–H groups in total. The van der Waals surface area contributed by atoms with Gasteiger partial charge in [0.1, 0.15) is 5.82 Å². The molecular formula is C19H26FN3O2. The standard InChI is InChI=1S/C19H26FN3O2/c1-14(24)21-18-3-2-9-23(12-18)19(25)13-22-10-8-16(11-22)15-4-6-17(20)7-5-15/h4-7,16,18H,2-3,8-13H2,1H3,(H,21,24)/t16-,18-/m1/s1. The number of hydrogen-bond acceptors (Lipinski definition) is 3. The van der Waals surface area contributed by atoms with E-state index in [-0.39, 0.29) is 23.7 Å². The van der Waals surface area contributed by atoms with Crippen molar-refractivity contribution in [3.05, 3.63) is 35.6 Å². The molecule has 2 aliphatic rings. The van der Waals surface area contributed by atoms with Crippen molar-refractivity contribution in [2.24, 2.45) is 0 Å². The lowest BCUT2D eigenvalue weighted by atomic mass is 9.99. The summed E-state index contributed by atoms with van der Waals surface area (Å²) in [4.78, 5) is 27.9. The Balaban J connectivity index is 1.50. The van der Waals surface area contributed by atoms with E-state index in [1.54, 1.807) is 0 Å². The Morgan fingerprint density at radius 3 is 2.64 bits per heavy atom. The lowest BCUT2D eigenvalue weighted by Crippen LogP contribution is -2.51. The number of piperidine rings is 1. The number of carbonyl (C=O) groups is 2. The molecule has 3 rings (SSSR count). The summed E-state index contributed by atoms with van der Waals surface area (Å²) in [7, 11) is 0. The molecule has 2 amide bonds. The van der Waals surface area contributed by atoms with Crippen molar-refractivity contribution in [1.82, 2.24) is 15.1 Å². The van der Waals surface area contributed by atoms with Crippen LogP contribution < -0.4 is 5.32 Å². The van der Waals surface area contributed by atoms with Gasteiger partial charge >= 0.3 is 0 Å². The normalized spacial score (nSPS) is 24.3. The number of benzene rings is 1. The molecule has 0 bridgehead atoms. The van der Waals surface area contributed by atoms with Crippen LogP contribution in [0.3, 0.4) is 0 Å². The maximum atomic E-state index is 13.1. The first-order valence-corrected chi connectivity index (χ1v) is 9.04. The Morgan fingerprint density at radius 1 is 1.16 bits per heavy atom. The van der Waals surface area contributed by atoms with Crippen LogP contribution in [0.25, 0.3) is 0 Å². The van der Waals surface area contributed by atoms with Gasteiger partial charge in [-0.15, -0.1) is 0 Å². The first kappa shape index (κ1) is 17.9. The molecule has 5 nitrogen and oxygen atoms in total. The van der Waals surface area contributed by atoms with Gasteiger partial charge < -0.3 is 10.2 Å². The monoisotopic (exact) mass is 347 g/mol. The molecule has 0 aliphatic carbocycles. The highest BCUT2D eigenvalue weighted by molar-refractivity contribution is 5.79. The van der Waals surface area contributed by atoms with Crippen LogP contribution in [0.5, 0.6) is 0 Å². The predicted molar refractivity (Wildman–Crippen MR) is 93.6 cm³/mol. The maximum Gasteiger partial charge on any atom is 0.236 e. The number of nitrogens with zero attached hydrogens (tertiary/aromatic N) is 2. The Morgan fingerprint density at radius 2 is 1.92 bits per heavy atom. The third-order valence-corrected chi connectivity index (χ3v) is 5.15. The molecule has 0 spiro atoms. The van der Waals surface area contributed by atoms with Crippen LogP contribution in [0.15, 0.2) is 24.3 Å². The van der Waals surface area contributed by atoms with E-state index in [4.69, 9.17) is 0 Å². The summed E-state index contributed by atoms with van der Waals surface area (Å²) in [5, 5.41) is 2.92. The average Bonchev–Trinajstić information content (AvgIpc) is 3.03. The minimum atomic E-state index is -0.215. The second kappa shape index (κ2) is 7.95. The third-order valence-electron chi connectivity index (χ3n) is 5.15. The van der Waals surface area contributed by atoms with Crippen LogP contribution in [0.1, 0.15) is 37.7 Å². The van der Waals surface area contributed by atoms with E-state index in [1.165, 1.54) is 19.1 Å². The van der Waals surface area contributed by atoms with Gasteiger partial charge in [0.05, 0.1) is 6.54 Å². The van der Waals surface area contributed by atoms with Gasteiger partial charge in [-0.25, -0.2) is 4.39 Å². The smallest absolute Gasteiger partial charge is 0.236 e. The summed E-state index contributed by atoms with van der Waals surface area (Å²) in [5.74, 6) is 0.241. The minimum absolute atomic E-state index is 0.0408. The molecule has 2 atom stereocenters. The van der Waals surface area contributed by atoms with Crippen molar-refractivity contribution in [3.63, 3.8) is 0 Å². The van der Waals surface area contributed by atoms with Crippen molar-refractivity contribution in [3.8, 4) is 0 Å². The summed E-state index contributed by atoms with van der Waals surface area (Å²) in [5.41, 5.74) is 1.14. The lowest BCUT2D eigenvalue weighted by Gasteiger charge is -2.34. The molecule has 6 heteroatoms. The minimum Gasteiger partial charge on any atom is -0.352 e. The fourth-order valence-corrected chi connectivity index (χ4v) is 3.88. The summed E-state index contributed by atoms with van der Waals surface area (Å²) >= 11 is 0. The number of carbonyl (C=O) groups excluding carboxylic acids is 2. The van der Waals surface area contributed by atoms with Crippen molar-refractivity contribution in [2.75, 3.05) is 32.7 Å². The fourth-order valence-electron chi connectivity index (χ4n) is 3.88. The molecule has 2 fully saturated rings. The molecule has 25 heavy (non-hydrogen) atoms. The number of amides is 2. The topological polar surface area (TPSA) is 52.7 Å². The zero-order chi connectivity index (χ0) is 17.8. The van der Waals surface area contributed by atoms with Crippen molar-refractivity contribution >= 4 is 11.8 Å². The molecule has 0 aromatic heterocycles. The largest absolute Gasteiger partial charge is 0.352 e. The highest BCUT2D eigenvalue weighted by Gasteiger charge is 2.29. The van der Waals surface area contributed by atoms with E-state index in [1.807, 2.05) is 17.0 Å². The van der Waals surface area contributed by atoms with Gasteiger partial charge in [0.25, 0.3) is 0 Å². The van der Waals surface area contributed by atoms with E-state index in [2.05, 4.69) is 10.2 Å². The van der Waals surface area contributed by atoms with Gasteiger partial charge in [0.15, 0.2) is 0 Å². The zero-order valence-corrected chi connectivity index (χ0v) is 14.7. The Bertz CT molecular complexity index is 620. The van der Waals surface area contributed by atoms with E-state index in [9.17, 15) is 14.0 Å². The molecule has 0 unspecified atom stereocenters. The average molecular weight is 347 g/mol. The van der Waals surface area contributed by atoms with Crippen molar-refractivity contribution in [1.29, 1.82) is 0 Å². The quantitative estimate of drug-likeness (QED) is 0.903. The summed E-state index contributed by atoms with van der Waals surface area (Å²) in [6.45, 7) is 5.03. The van der Waals surface area contributed by atoms with Crippen LogP contribution in [0, 0.1) is 5.82 Å². The zero-order valence-electron chi connectivity index (χ0n) is 14.7. The number of halogens is 1. The van der Waals surface area contributed by atoms with Gasteiger partial charge in [-0.3, -0.25) is 14.5 Å². The molecule has 2 heterocycles. The van der Waals surface area contributed by atoms with E-state index in [0.717, 1.165) is 44.5 Å². The molecule has 1 aromatic rings. The highest BCUT2D eigenvalue weighted by atomic mass is 19.1. The van der Waals surface area contributed by atoms with Gasteiger partial charge in [-0.05, 0) is 49.4 Å². The molecule has 1 aromatic carbocycles. The van der Waals surface area contributed by atoms with Crippen LogP contribution in [-0.2, 0) is 9.59 Å². The van der Waals surface area contributed by atoms with Gasteiger partial charge in [0, 0.05) is 32.6 Å². The second-order valence-corrected chi connectivity index (χ2v) is 7.15. The SMILES string of the molecule is CC(=O)N[C@@H]1CCCN(C(=O)CN2CC[C@@H](c3ccc(F)cc3)C2)C1. The van der Waals surface area contributed by atoms with Crippen LogP contribution in [-0.4, -0.2) is 60.4 Å².